The number of aliphatic imine (C=N–C) groups is 1. The number of benzene rings is 2. The van der Waals surface area contributed by atoms with E-state index >= 15 is 0 Å². The van der Waals surface area contributed by atoms with Gasteiger partial charge < -0.3 is 5.73 Å². The Hall–Kier alpha value is -2.86. The molecule has 2 heterocycles. The molecule has 23 heavy (non-hydrogen) atoms. The van der Waals surface area contributed by atoms with Crippen LogP contribution in [0, 0.1) is 0 Å². The molecule has 0 aliphatic carbocycles. The molecule has 0 saturated carbocycles. The molecule has 6 nitrogen and oxygen atoms in total. The van der Waals surface area contributed by atoms with Crippen LogP contribution in [0.2, 0.25) is 5.02 Å². The Bertz CT molecular complexity index is 994. The first-order chi connectivity index (χ1) is 11.1. The van der Waals surface area contributed by atoms with E-state index in [2.05, 4.69) is 15.3 Å². The van der Waals surface area contributed by atoms with E-state index in [4.69, 9.17) is 17.3 Å². The molecule has 7 heteroatoms. The summed E-state index contributed by atoms with van der Waals surface area (Å²) in [7, 11) is 0. The summed E-state index contributed by atoms with van der Waals surface area (Å²) in [5.41, 5.74) is 7.20. The molecule has 1 aliphatic rings. The van der Waals surface area contributed by atoms with Crippen molar-refractivity contribution in [1.82, 2.24) is 9.55 Å². The van der Waals surface area contributed by atoms with Crippen molar-refractivity contribution in [2.45, 2.75) is 6.17 Å². The van der Waals surface area contributed by atoms with Gasteiger partial charge in [-0.1, -0.05) is 35.9 Å². The van der Waals surface area contributed by atoms with Crippen LogP contribution in [0.1, 0.15) is 11.7 Å². The minimum absolute atomic E-state index is 0.215. The second-order valence-corrected chi connectivity index (χ2v) is 5.63. The molecular formula is C16H12ClN5O. The van der Waals surface area contributed by atoms with Crippen LogP contribution in [0.25, 0.3) is 10.9 Å². The van der Waals surface area contributed by atoms with Gasteiger partial charge in [0, 0.05) is 5.02 Å². The lowest BCUT2D eigenvalue weighted by molar-refractivity contribution is 0.616. The second kappa shape index (κ2) is 5.10. The van der Waals surface area contributed by atoms with E-state index in [-0.39, 0.29) is 11.5 Å². The van der Waals surface area contributed by atoms with Crippen molar-refractivity contribution >= 4 is 34.4 Å². The van der Waals surface area contributed by atoms with Crippen LogP contribution >= 0.6 is 11.6 Å². The van der Waals surface area contributed by atoms with Crippen molar-refractivity contribution in [2.24, 2.45) is 10.7 Å². The highest BCUT2D eigenvalue weighted by Gasteiger charge is 2.24. The lowest BCUT2D eigenvalue weighted by Gasteiger charge is -2.27. The van der Waals surface area contributed by atoms with E-state index in [0.29, 0.717) is 16.4 Å². The van der Waals surface area contributed by atoms with E-state index in [1.807, 2.05) is 34.9 Å². The lowest BCUT2D eigenvalue weighted by atomic mass is 10.1. The first kappa shape index (κ1) is 13.8. The fourth-order valence-electron chi connectivity index (χ4n) is 2.72. The summed E-state index contributed by atoms with van der Waals surface area (Å²) in [5, 5.41) is 4.03. The lowest BCUT2D eigenvalue weighted by Crippen LogP contribution is -2.34. The molecule has 2 aromatic carbocycles. The summed E-state index contributed by atoms with van der Waals surface area (Å²) in [6.45, 7) is 0. The highest BCUT2D eigenvalue weighted by Crippen LogP contribution is 2.30. The highest BCUT2D eigenvalue weighted by atomic mass is 35.5. The van der Waals surface area contributed by atoms with Gasteiger partial charge in [-0.2, -0.15) is 4.98 Å². The van der Waals surface area contributed by atoms with Crippen molar-refractivity contribution in [1.29, 1.82) is 0 Å². The first-order valence-corrected chi connectivity index (χ1v) is 7.38. The fraction of sp³-hybridized carbons (Fsp3) is 0.0625. The van der Waals surface area contributed by atoms with Gasteiger partial charge in [-0.3, -0.25) is 14.7 Å². The maximum Gasteiger partial charge on any atom is 0.282 e. The number of anilines is 1. The SMILES string of the molecule is NC1=NC(c2ccc(Cl)cc2)n2c(nc(=O)c3ccccc32)N1. The average molecular weight is 326 g/mol. The van der Waals surface area contributed by atoms with Crippen LogP contribution in [-0.2, 0) is 0 Å². The fourth-order valence-corrected chi connectivity index (χ4v) is 2.85. The molecule has 114 valence electrons. The van der Waals surface area contributed by atoms with Crippen LogP contribution in [-0.4, -0.2) is 15.5 Å². The minimum atomic E-state index is -0.415. The van der Waals surface area contributed by atoms with Crippen LogP contribution in [0.15, 0.2) is 58.3 Å². The van der Waals surface area contributed by atoms with Crippen molar-refractivity contribution in [3.05, 3.63) is 69.5 Å². The Balaban J connectivity index is 2.03. The van der Waals surface area contributed by atoms with E-state index in [0.717, 1.165) is 11.1 Å². The summed E-state index contributed by atoms with van der Waals surface area (Å²) in [4.78, 5) is 20.7. The average Bonchev–Trinajstić information content (AvgIpc) is 2.55. The zero-order valence-corrected chi connectivity index (χ0v) is 12.7. The zero-order chi connectivity index (χ0) is 16.0. The number of fused-ring (bicyclic) bond motifs is 3. The molecular weight excluding hydrogens is 314 g/mol. The molecule has 0 saturated heterocycles. The van der Waals surface area contributed by atoms with Crippen molar-refractivity contribution in [3.8, 4) is 0 Å². The van der Waals surface area contributed by atoms with Crippen LogP contribution < -0.4 is 16.6 Å². The van der Waals surface area contributed by atoms with Crippen LogP contribution in [0.3, 0.4) is 0 Å². The predicted molar refractivity (Wildman–Crippen MR) is 90.8 cm³/mol. The van der Waals surface area contributed by atoms with Gasteiger partial charge in [-0.15, -0.1) is 0 Å². The number of para-hydroxylation sites is 1. The van der Waals surface area contributed by atoms with E-state index in [1.165, 1.54) is 0 Å². The molecule has 1 aliphatic heterocycles. The molecule has 4 rings (SSSR count). The summed E-state index contributed by atoms with van der Waals surface area (Å²) >= 11 is 5.96. The van der Waals surface area contributed by atoms with Gasteiger partial charge in [-0.05, 0) is 29.8 Å². The van der Waals surface area contributed by atoms with Gasteiger partial charge in [0.15, 0.2) is 12.1 Å². The summed E-state index contributed by atoms with van der Waals surface area (Å²) in [6, 6.07) is 14.6. The minimum Gasteiger partial charge on any atom is -0.370 e. The van der Waals surface area contributed by atoms with Gasteiger partial charge in [0.1, 0.15) is 0 Å². The number of guanidine groups is 1. The Morgan fingerprint density at radius 2 is 1.87 bits per heavy atom. The number of aromatic nitrogens is 2. The third-order valence-electron chi connectivity index (χ3n) is 3.74. The number of hydrogen-bond acceptors (Lipinski definition) is 5. The Kier molecular flexibility index (Phi) is 3.06. The molecule has 1 aromatic heterocycles. The number of hydrogen-bond donors (Lipinski definition) is 2. The van der Waals surface area contributed by atoms with Crippen molar-refractivity contribution < 1.29 is 0 Å². The van der Waals surface area contributed by atoms with Crippen molar-refractivity contribution in [2.75, 3.05) is 5.32 Å². The van der Waals surface area contributed by atoms with E-state index < -0.39 is 6.17 Å². The van der Waals surface area contributed by atoms with Gasteiger partial charge in [-0.25, -0.2) is 4.99 Å². The summed E-state index contributed by atoms with van der Waals surface area (Å²) < 4.78 is 1.86. The van der Waals surface area contributed by atoms with Crippen LogP contribution in [0.4, 0.5) is 5.95 Å². The number of rotatable bonds is 1. The summed E-state index contributed by atoms with van der Waals surface area (Å²) in [6.07, 6.45) is -0.415. The van der Waals surface area contributed by atoms with Gasteiger partial charge in [0.25, 0.3) is 5.56 Å². The molecule has 3 N–H and O–H groups in total. The Morgan fingerprint density at radius 1 is 1.13 bits per heavy atom. The normalized spacial score (nSPS) is 16.6. The highest BCUT2D eigenvalue weighted by molar-refractivity contribution is 6.30. The Labute approximate surface area is 136 Å². The molecule has 0 spiro atoms. The standard InChI is InChI=1S/C16H12ClN5O/c17-10-7-5-9(6-8-10)13-19-15(18)21-16-20-14(23)11-3-1-2-4-12(11)22(13)16/h1-8,13H,(H3,18,19,20,21,23). The first-order valence-electron chi connectivity index (χ1n) is 7.00. The molecule has 0 fully saturated rings. The molecule has 0 amide bonds. The van der Waals surface area contributed by atoms with Crippen molar-refractivity contribution in [3.63, 3.8) is 0 Å². The third-order valence-corrected chi connectivity index (χ3v) is 4.00. The van der Waals surface area contributed by atoms with Gasteiger partial charge >= 0.3 is 0 Å². The maximum atomic E-state index is 12.2. The van der Waals surface area contributed by atoms with E-state index in [9.17, 15) is 4.79 Å². The monoisotopic (exact) mass is 325 g/mol. The molecule has 0 bridgehead atoms. The molecule has 1 unspecified atom stereocenters. The topological polar surface area (TPSA) is 85.3 Å². The molecule has 0 radical (unpaired) electrons. The predicted octanol–water partition coefficient (Wildman–Crippen LogP) is 2.34. The zero-order valence-electron chi connectivity index (χ0n) is 11.9. The smallest absolute Gasteiger partial charge is 0.282 e. The van der Waals surface area contributed by atoms with Crippen LogP contribution in [0.5, 0.6) is 0 Å². The number of nitrogens with zero attached hydrogens (tertiary/aromatic N) is 3. The number of nitrogens with two attached hydrogens (primary N) is 1. The molecule has 1 atom stereocenters. The number of halogens is 1. The summed E-state index contributed by atoms with van der Waals surface area (Å²) in [5.74, 6) is 0.591. The largest absolute Gasteiger partial charge is 0.370 e. The number of nitrogens with one attached hydrogen (secondary N) is 1. The third kappa shape index (κ3) is 2.24. The van der Waals surface area contributed by atoms with Gasteiger partial charge in [0.05, 0.1) is 10.9 Å². The van der Waals surface area contributed by atoms with Gasteiger partial charge in [0.2, 0.25) is 5.95 Å². The second-order valence-electron chi connectivity index (χ2n) is 5.19. The maximum absolute atomic E-state index is 12.2. The van der Waals surface area contributed by atoms with E-state index in [1.54, 1.807) is 18.2 Å². The molecule has 3 aromatic rings. The quantitative estimate of drug-likeness (QED) is 0.719. The Morgan fingerprint density at radius 3 is 2.65 bits per heavy atom.